The normalized spacial score (nSPS) is 16.9. The molecule has 0 saturated heterocycles. The summed E-state index contributed by atoms with van der Waals surface area (Å²) in [4.78, 5) is 14.7. The number of para-hydroxylation sites is 1. The van der Waals surface area contributed by atoms with Crippen LogP contribution in [0.5, 0.6) is 0 Å². The molecule has 2 aromatic carbocycles. The van der Waals surface area contributed by atoms with Gasteiger partial charge in [0.1, 0.15) is 11.3 Å². The molecular formula is C21H21NO2. The molecule has 0 bridgehead atoms. The molecule has 1 aliphatic heterocycles. The van der Waals surface area contributed by atoms with Crippen molar-refractivity contribution < 1.29 is 9.21 Å². The first-order chi connectivity index (χ1) is 11.6. The van der Waals surface area contributed by atoms with E-state index < -0.39 is 0 Å². The van der Waals surface area contributed by atoms with Crippen molar-refractivity contribution in [3.63, 3.8) is 0 Å². The van der Waals surface area contributed by atoms with Crippen LogP contribution in [0.15, 0.2) is 46.9 Å². The first-order valence-electron chi connectivity index (χ1n) is 8.49. The van der Waals surface area contributed by atoms with Crippen molar-refractivity contribution in [3.8, 4) is 0 Å². The lowest BCUT2D eigenvalue weighted by Crippen LogP contribution is -2.29. The molecule has 2 heterocycles. The Labute approximate surface area is 141 Å². The van der Waals surface area contributed by atoms with Crippen molar-refractivity contribution in [2.24, 2.45) is 0 Å². The Balaban J connectivity index is 1.76. The molecule has 0 fully saturated rings. The summed E-state index contributed by atoms with van der Waals surface area (Å²) in [7, 11) is 0. The predicted molar refractivity (Wildman–Crippen MR) is 96.6 cm³/mol. The van der Waals surface area contributed by atoms with Crippen molar-refractivity contribution in [2.75, 3.05) is 11.4 Å². The number of anilines is 1. The molecule has 3 nitrogen and oxygen atoms in total. The van der Waals surface area contributed by atoms with Gasteiger partial charge in [0.15, 0.2) is 0 Å². The van der Waals surface area contributed by atoms with E-state index in [0.717, 1.165) is 33.5 Å². The van der Waals surface area contributed by atoms with Gasteiger partial charge < -0.3 is 9.32 Å². The molecule has 1 atom stereocenters. The van der Waals surface area contributed by atoms with E-state index in [1.54, 1.807) is 0 Å². The molecule has 0 unspecified atom stereocenters. The quantitative estimate of drug-likeness (QED) is 0.698. The van der Waals surface area contributed by atoms with Crippen molar-refractivity contribution in [1.29, 1.82) is 0 Å². The molecule has 0 N–H and O–H groups in total. The van der Waals surface area contributed by atoms with Crippen molar-refractivity contribution in [3.05, 3.63) is 64.9 Å². The highest BCUT2D eigenvalue weighted by Crippen LogP contribution is 2.40. The van der Waals surface area contributed by atoms with E-state index in [1.165, 1.54) is 5.56 Å². The maximum Gasteiger partial charge on any atom is 0.235 e. The number of fused-ring (bicyclic) bond motifs is 2. The van der Waals surface area contributed by atoms with Crippen molar-refractivity contribution in [1.82, 2.24) is 0 Å². The van der Waals surface area contributed by atoms with Crippen molar-refractivity contribution in [2.45, 2.75) is 33.1 Å². The average molecular weight is 319 g/mol. The zero-order valence-electron chi connectivity index (χ0n) is 14.3. The third-order valence-electron chi connectivity index (χ3n) is 5.06. The second-order valence-corrected chi connectivity index (χ2v) is 6.55. The molecule has 1 aromatic heterocycles. The van der Waals surface area contributed by atoms with Crippen LogP contribution >= 0.6 is 0 Å². The van der Waals surface area contributed by atoms with E-state index in [0.29, 0.717) is 13.0 Å². The van der Waals surface area contributed by atoms with E-state index in [4.69, 9.17) is 4.42 Å². The molecule has 0 aliphatic carbocycles. The second kappa shape index (κ2) is 5.52. The fourth-order valence-corrected chi connectivity index (χ4v) is 3.76. The Hall–Kier alpha value is -2.55. The third kappa shape index (κ3) is 2.15. The highest BCUT2D eigenvalue weighted by atomic mass is 16.3. The lowest BCUT2D eigenvalue weighted by atomic mass is 9.94. The first-order valence-corrected chi connectivity index (χ1v) is 8.49. The molecule has 3 heteroatoms. The van der Waals surface area contributed by atoms with Gasteiger partial charge in [-0.05, 0) is 50.1 Å². The van der Waals surface area contributed by atoms with Gasteiger partial charge in [0.25, 0.3) is 0 Å². The Kier molecular flexibility index (Phi) is 3.45. The summed E-state index contributed by atoms with van der Waals surface area (Å²) in [5.74, 6) is 0.943. The Morgan fingerprint density at radius 2 is 1.92 bits per heavy atom. The van der Waals surface area contributed by atoms with Gasteiger partial charge in [0, 0.05) is 24.0 Å². The first kappa shape index (κ1) is 15.0. The highest BCUT2D eigenvalue weighted by Gasteiger charge is 2.37. The highest BCUT2D eigenvalue weighted by molar-refractivity contribution is 6.05. The summed E-state index contributed by atoms with van der Waals surface area (Å²) >= 11 is 0. The minimum atomic E-state index is -0.151. The summed E-state index contributed by atoms with van der Waals surface area (Å²) in [6.45, 7) is 6.89. The molecule has 1 aliphatic rings. The van der Waals surface area contributed by atoms with Gasteiger partial charge in [-0.1, -0.05) is 29.8 Å². The lowest BCUT2D eigenvalue weighted by molar-refractivity contribution is -0.119. The lowest BCUT2D eigenvalue weighted by Gasteiger charge is -2.14. The second-order valence-electron chi connectivity index (χ2n) is 6.55. The minimum Gasteiger partial charge on any atom is -0.461 e. The summed E-state index contributed by atoms with van der Waals surface area (Å²) in [6, 6.07) is 14.3. The summed E-state index contributed by atoms with van der Waals surface area (Å²) < 4.78 is 6.08. The van der Waals surface area contributed by atoms with Crippen LogP contribution in [0.2, 0.25) is 0 Å². The largest absolute Gasteiger partial charge is 0.461 e. The van der Waals surface area contributed by atoms with E-state index in [2.05, 4.69) is 32.0 Å². The zero-order chi connectivity index (χ0) is 16.8. The van der Waals surface area contributed by atoms with E-state index in [-0.39, 0.29) is 11.8 Å². The van der Waals surface area contributed by atoms with Crippen LogP contribution in [-0.4, -0.2) is 12.5 Å². The number of amides is 1. The Morgan fingerprint density at radius 3 is 2.71 bits per heavy atom. The van der Waals surface area contributed by atoms with E-state index in [9.17, 15) is 4.79 Å². The van der Waals surface area contributed by atoms with Crippen LogP contribution in [0.1, 0.15) is 35.3 Å². The number of carbonyl (C=O) groups is 1. The van der Waals surface area contributed by atoms with Crippen LogP contribution < -0.4 is 4.90 Å². The number of likely N-dealkylation sites (N-methyl/N-ethyl adjacent to an activating group) is 1. The number of aryl methyl sites for hydroxylation is 2. The molecule has 0 radical (unpaired) electrons. The molecule has 24 heavy (non-hydrogen) atoms. The number of hydrogen-bond donors (Lipinski definition) is 0. The molecule has 4 rings (SSSR count). The van der Waals surface area contributed by atoms with Crippen LogP contribution in [-0.2, 0) is 11.2 Å². The molecular weight excluding hydrogens is 298 g/mol. The monoisotopic (exact) mass is 319 g/mol. The zero-order valence-corrected chi connectivity index (χ0v) is 14.3. The topological polar surface area (TPSA) is 33.5 Å². The van der Waals surface area contributed by atoms with Gasteiger partial charge in [-0.25, -0.2) is 0 Å². The van der Waals surface area contributed by atoms with Gasteiger partial charge in [-0.15, -0.1) is 0 Å². The number of rotatable bonds is 3. The summed E-state index contributed by atoms with van der Waals surface area (Å²) in [5.41, 5.74) is 5.42. The Bertz CT molecular complexity index is 938. The van der Waals surface area contributed by atoms with Gasteiger partial charge in [-0.3, -0.25) is 4.79 Å². The fourth-order valence-electron chi connectivity index (χ4n) is 3.76. The number of furan rings is 1. The van der Waals surface area contributed by atoms with Gasteiger partial charge in [-0.2, -0.15) is 0 Å². The Morgan fingerprint density at radius 1 is 1.12 bits per heavy atom. The predicted octanol–water partition coefficient (Wildman–Crippen LogP) is 4.74. The molecule has 3 aromatic rings. The maximum absolute atomic E-state index is 12.9. The summed E-state index contributed by atoms with van der Waals surface area (Å²) in [5, 5.41) is 1.15. The molecule has 0 spiro atoms. The number of benzene rings is 2. The summed E-state index contributed by atoms with van der Waals surface area (Å²) in [6.07, 6.45) is 0.617. The van der Waals surface area contributed by atoms with E-state index >= 15 is 0 Å². The minimum absolute atomic E-state index is 0.151. The van der Waals surface area contributed by atoms with Gasteiger partial charge in [0.05, 0.1) is 5.92 Å². The smallest absolute Gasteiger partial charge is 0.235 e. The molecule has 122 valence electrons. The number of hydrogen-bond acceptors (Lipinski definition) is 2. The molecule has 1 amide bonds. The van der Waals surface area contributed by atoms with Crippen LogP contribution in [0.25, 0.3) is 11.0 Å². The van der Waals surface area contributed by atoms with Crippen LogP contribution in [0, 0.1) is 13.8 Å². The third-order valence-corrected chi connectivity index (χ3v) is 5.06. The average Bonchev–Trinajstić information content (AvgIpc) is 3.03. The van der Waals surface area contributed by atoms with Crippen LogP contribution in [0.3, 0.4) is 0 Å². The van der Waals surface area contributed by atoms with Gasteiger partial charge in [0.2, 0.25) is 5.91 Å². The maximum atomic E-state index is 12.9. The SMILES string of the molecule is CCN1C(=O)[C@@H](Cc2oc3ccc(C)cc3c2C)c2ccccc21. The van der Waals surface area contributed by atoms with Gasteiger partial charge >= 0.3 is 0 Å². The number of carbonyl (C=O) groups excluding carboxylic acids is 1. The van der Waals surface area contributed by atoms with E-state index in [1.807, 2.05) is 36.1 Å². The fraction of sp³-hybridized carbons (Fsp3) is 0.286. The van der Waals surface area contributed by atoms with Crippen LogP contribution in [0.4, 0.5) is 5.69 Å². The van der Waals surface area contributed by atoms with Crippen molar-refractivity contribution >= 4 is 22.6 Å². The number of nitrogens with zero attached hydrogens (tertiary/aromatic N) is 1. The standard InChI is InChI=1S/C21H21NO2/c1-4-22-18-8-6-5-7-15(18)17(21(22)23)12-20-14(3)16-11-13(2)9-10-19(16)24-20/h5-11,17H,4,12H2,1-3H3/t17-/m0/s1. The molecule has 0 saturated carbocycles.